The van der Waals surface area contributed by atoms with E-state index < -0.39 is 20.7 Å². The van der Waals surface area contributed by atoms with Gasteiger partial charge in [0.25, 0.3) is 10.0 Å². The van der Waals surface area contributed by atoms with Crippen molar-refractivity contribution in [2.75, 3.05) is 24.4 Å². The van der Waals surface area contributed by atoms with Gasteiger partial charge in [0.05, 0.1) is 10.5 Å². The number of hydrogen-bond donors (Lipinski definition) is 1. The Balaban J connectivity index is 1.50. The van der Waals surface area contributed by atoms with Gasteiger partial charge < -0.3 is 9.64 Å². The van der Waals surface area contributed by atoms with E-state index in [4.69, 9.17) is 27.9 Å². The molecule has 1 saturated heterocycles. The van der Waals surface area contributed by atoms with Crippen molar-refractivity contribution in [3.63, 3.8) is 0 Å². The first-order valence-electron chi connectivity index (χ1n) is 10.9. The van der Waals surface area contributed by atoms with Crippen LogP contribution in [0.4, 0.5) is 10.2 Å². The Labute approximate surface area is 212 Å². The molecule has 0 bridgehead atoms. The summed E-state index contributed by atoms with van der Waals surface area (Å²) in [7, 11) is -4.21. The van der Waals surface area contributed by atoms with Gasteiger partial charge in [0.2, 0.25) is 0 Å². The third kappa shape index (κ3) is 6.40. The molecule has 0 atom stereocenters. The van der Waals surface area contributed by atoms with Crippen LogP contribution < -0.4 is 9.46 Å². The van der Waals surface area contributed by atoms with Crippen LogP contribution in [0.15, 0.2) is 46.1 Å². The van der Waals surface area contributed by atoms with Gasteiger partial charge >= 0.3 is 0 Å². The summed E-state index contributed by atoms with van der Waals surface area (Å²) >= 11 is 13.7. The number of nitrogens with one attached hydrogen (secondary N) is 1. The molecule has 0 saturated carbocycles. The molecule has 4 rings (SSSR count). The highest BCUT2D eigenvalue weighted by Gasteiger charge is 2.23. The van der Waals surface area contributed by atoms with Crippen LogP contribution in [0.1, 0.15) is 31.2 Å². The van der Waals surface area contributed by atoms with Crippen LogP contribution in [0.5, 0.6) is 11.5 Å². The number of anilines is 1. The quantitative estimate of drug-likeness (QED) is 0.329. The van der Waals surface area contributed by atoms with E-state index in [1.54, 1.807) is 12.1 Å². The van der Waals surface area contributed by atoms with Crippen molar-refractivity contribution in [3.8, 4) is 11.5 Å². The van der Waals surface area contributed by atoms with Crippen molar-refractivity contribution in [2.24, 2.45) is 0 Å². The van der Waals surface area contributed by atoms with Gasteiger partial charge in [0.15, 0.2) is 5.82 Å². The number of sulfonamides is 1. The Kier molecular flexibility index (Phi) is 8.31. The lowest BCUT2D eigenvalue weighted by atomic mass is 10.1. The first kappa shape index (κ1) is 25.2. The summed E-state index contributed by atoms with van der Waals surface area (Å²) in [5, 5.41) is 2.04. The minimum absolute atomic E-state index is 0.0198. The van der Waals surface area contributed by atoms with Gasteiger partial charge in [-0.25, -0.2) is 17.8 Å². The number of aryl methyl sites for hydroxylation is 1. The number of likely N-dealkylation sites (tertiary alicyclic amines) is 1. The summed E-state index contributed by atoms with van der Waals surface area (Å²) in [6, 6.07) is 7.23. The summed E-state index contributed by atoms with van der Waals surface area (Å²) in [5.41, 5.74) is 2.34. The maximum Gasteiger partial charge on any atom is 0.266 e. The largest absolute Gasteiger partial charge is 0.455 e. The zero-order valence-corrected chi connectivity index (χ0v) is 21.4. The third-order valence-electron chi connectivity index (χ3n) is 5.56. The number of piperidine rings is 1. The van der Waals surface area contributed by atoms with E-state index >= 15 is 0 Å². The predicted octanol–water partition coefficient (Wildman–Crippen LogP) is 6.60. The van der Waals surface area contributed by atoms with E-state index in [2.05, 4.69) is 14.6 Å². The summed E-state index contributed by atoms with van der Waals surface area (Å²) < 4.78 is 48.1. The van der Waals surface area contributed by atoms with Crippen molar-refractivity contribution < 1.29 is 17.5 Å². The second-order valence-electron chi connectivity index (χ2n) is 8.05. The average molecular weight is 545 g/mol. The number of nitrogens with zero attached hydrogens (tertiary/aromatic N) is 2. The maximum absolute atomic E-state index is 14.8. The Bertz CT molecular complexity index is 1230. The second-order valence-corrected chi connectivity index (χ2v) is 11.3. The van der Waals surface area contributed by atoms with Crippen LogP contribution >= 0.6 is 34.5 Å². The van der Waals surface area contributed by atoms with Gasteiger partial charge in [0, 0.05) is 16.5 Å². The molecule has 3 aromatic rings. The van der Waals surface area contributed by atoms with Gasteiger partial charge in [-0.2, -0.15) is 0 Å². The molecule has 2 aromatic carbocycles. The fourth-order valence-corrected chi connectivity index (χ4v) is 5.99. The Morgan fingerprint density at radius 1 is 1.12 bits per heavy atom. The Hall–Kier alpha value is -1.91. The first-order valence-corrected chi connectivity index (χ1v) is 14.1. The minimum Gasteiger partial charge on any atom is -0.455 e. The zero-order valence-electron chi connectivity index (χ0n) is 18.3. The lowest BCUT2D eigenvalue weighted by molar-refractivity contribution is 0.226. The molecular weight excluding hydrogens is 520 g/mol. The Morgan fingerprint density at radius 3 is 2.65 bits per heavy atom. The van der Waals surface area contributed by atoms with Crippen molar-refractivity contribution in [1.29, 1.82) is 0 Å². The topological polar surface area (TPSA) is 71.5 Å². The highest BCUT2D eigenvalue weighted by atomic mass is 35.5. The standard InChI is InChI=1S/C23H24Cl2FN3O3S2/c24-17-6-7-20(16(11-17)5-4-10-29-8-2-1-3-9-29)32-21-13-19(26)22(12-18(21)25)34(30,31)28-23-14-33-15-27-23/h6-7,11-15,28H,1-5,8-10H2. The average Bonchev–Trinajstić information content (AvgIpc) is 3.30. The van der Waals surface area contributed by atoms with Crippen LogP contribution in [0, 0.1) is 5.82 Å². The fraction of sp³-hybridized carbons (Fsp3) is 0.348. The van der Waals surface area contributed by atoms with Crippen LogP contribution in [-0.4, -0.2) is 37.9 Å². The summed E-state index contributed by atoms with van der Waals surface area (Å²) in [6.45, 7) is 3.24. The number of ether oxygens (including phenoxy) is 1. The summed E-state index contributed by atoms with van der Waals surface area (Å²) in [5.74, 6) is -0.356. The molecule has 0 radical (unpaired) electrons. The summed E-state index contributed by atoms with van der Waals surface area (Å²) in [4.78, 5) is 5.73. The molecule has 2 heterocycles. The molecular formula is C23H24Cl2FN3O3S2. The van der Waals surface area contributed by atoms with E-state index in [1.165, 1.54) is 41.5 Å². The number of thiazole rings is 1. The van der Waals surface area contributed by atoms with Gasteiger partial charge in [-0.1, -0.05) is 29.6 Å². The van der Waals surface area contributed by atoms with E-state index in [1.807, 2.05) is 6.07 Å². The molecule has 34 heavy (non-hydrogen) atoms. The minimum atomic E-state index is -4.21. The first-order chi connectivity index (χ1) is 16.3. The molecule has 182 valence electrons. The van der Waals surface area contributed by atoms with E-state index in [9.17, 15) is 12.8 Å². The molecule has 0 amide bonds. The third-order valence-corrected chi connectivity index (χ3v) is 8.05. The van der Waals surface area contributed by atoms with Crippen molar-refractivity contribution >= 4 is 50.4 Å². The maximum atomic E-state index is 14.8. The molecule has 0 unspecified atom stereocenters. The number of benzene rings is 2. The van der Waals surface area contributed by atoms with Crippen LogP contribution in [0.3, 0.4) is 0 Å². The molecule has 1 aromatic heterocycles. The van der Waals surface area contributed by atoms with Gasteiger partial charge in [-0.15, -0.1) is 11.3 Å². The number of rotatable bonds is 9. The van der Waals surface area contributed by atoms with Crippen LogP contribution in [0.25, 0.3) is 0 Å². The fourth-order valence-electron chi connectivity index (χ4n) is 3.89. The lowest BCUT2D eigenvalue weighted by Crippen LogP contribution is -2.30. The van der Waals surface area contributed by atoms with E-state index in [0.717, 1.165) is 50.2 Å². The highest BCUT2D eigenvalue weighted by Crippen LogP contribution is 2.36. The second kappa shape index (κ2) is 11.2. The SMILES string of the molecule is O=S(=O)(Nc1cscn1)c1cc(Cl)c(Oc2ccc(Cl)cc2CCCN2CCCCC2)cc1F. The normalized spacial score (nSPS) is 14.8. The highest BCUT2D eigenvalue weighted by molar-refractivity contribution is 7.92. The zero-order chi connectivity index (χ0) is 24.1. The van der Waals surface area contributed by atoms with E-state index in [-0.39, 0.29) is 16.6 Å². The van der Waals surface area contributed by atoms with Crippen molar-refractivity contribution in [1.82, 2.24) is 9.88 Å². The van der Waals surface area contributed by atoms with Gasteiger partial charge in [-0.05, 0) is 75.1 Å². The van der Waals surface area contributed by atoms with Crippen LogP contribution in [0.2, 0.25) is 10.0 Å². The molecule has 11 heteroatoms. The number of aromatic nitrogens is 1. The van der Waals surface area contributed by atoms with Crippen molar-refractivity contribution in [3.05, 3.63) is 62.6 Å². The molecule has 6 nitrogen and oxygen atoms in total. The number of hydrogen-bond acceptors (Lipinski definition) is 6. The molecule has 0 spiro atoms. The monoisotopic (exact) mass is 543 g/mol. The summed E-state index contributed by atoms with van der Waals surface area (Å²) in [6.07, 6.45) is 5.43. The van der Waals surface area contributed by atoms with Crippen LogP contribution in [-0.2, 0) is 16.4 Å². The van der Waals surface area contributed by atoms with Crippen molar-refractivity contribution in [2.45, 2.75) is 37.0 Å². The molecule has 0 aliphatic carbocycles. The van der Waals surface area contributed by atoms with E-state index in [0.29, 0.717) is 10.8 Å². The number of halogens is 3. The molecule has 1 aliphatic rings. The molecule has 1 fully saturated rings. The smallest absolute Gasteiger partial charge is 0.266 e. The molecule has 1 N–H and O–H groups in total. The lowest BCUT2D eigenvalue weighted by Gasteiger charge is -2.26. The van der Waals surface area contributed by atoms with Gasteiger partial charge in [0.1, 0.15) is 22.2 Å². The predicted molar refractivity (Wildman–Crippen MR) is 134 cm³/mol. The van der Waals surface area contributed by atoms with Gasteiger partial charge in [-0.3, -0.25) is 4.72 Å². The Morgan fingerprint density at radius 2 is 1.91 bits per heavy atom. The molecule has 1 aliphatic heterocycles.